The fourth-order valence-corrected chi connectivity index (χ4v) is 1.38. The lowest BCUT2D eigenvalue weighted by molar-refractivity contribution is 0.0527. The van der Waals surface area contributed by atoms with Gasteiger partial charge in [0.15, 0.2) is 6.10 Å². The van der Waals surface area contributed by atoms with Gasteiger partial charge in [-0.05, 0) is 23.8 Å². The lowest BCUT2D eigenvalue weighted by Gasteiger charge is -2.12. The first-order valence-corrected chi connectivity index (χ1v) is 4.47. The van der Waals surface area contributed by atoms with Crippen molar-refractivity contribution in [3.63, 3.8) is 0 Å². The maximum absolute atomic E-state index is 10.5. The number of hydrogen-bond acceptors (Lipinski definition) is 4. The van der Waals surface area contributed by atoms with E-state index in [0.717, 1.165) is 0 Å². The van der Waals surface area contributed by atoms with Crippen molar-refractivity contribution in [2.24, 2.45) is 0 Å². The standard InChI is InChI=1S/C10H8ClNO3/c11-8-2-6(5-13)1-7(3-8)10(15)9(14)4-12/h1-3,5,9-10,14-15H. The number of halogens is 1. The normalized spacial score (nSPS) is 14.0. The van der Waals surface area contributed by atoms with Crippen LogP contribution in [0.5, 0.6) is 0 Å². The predicted molar refractivity (Wildman–Crippen MR) is 53.4 cm³/mol. The summed E-state index contributed by atoms with van der Waals surface area (Å²) in [5, 5.41) is 27.2. The minimum Gasteiger partial charge on any atom is -0.385 e. The van der Waals surface area contributed by atoms with Crippen molar-refractivity contribution in [3.8, 4) is 6.07 Å². The number of aliphatic hydroxyl groups excluding tert-OH is 2. The van der Waals surface area contributed by atoms with Crippen molar-refractivity contribution in [1.29, 1.82) is 5.26 Å². The first-order chi connectivity index (χ1) is 7.08. The van der Waals surface area contributed by atoms with Crippen LogP contribution in [0.25, 0.3) is 0 Å². The lowest BCUT2D eigenvalue weighted by Crippen LogP contribution is -2.15. The highest BCUT2D eigenvalue weighted by molar-refractivity contribution is 6.30. The Morgan fingerprint density at radius 1 is 1.40 bits per heavy atom. The summed E-state index contributed by atoms with van der Waals surface area (Å²) in [4.78, 5) is 10.5. The van der Waals surface area contributed by atoms with Gasteiger partial charge in [0.1, 0.15) is 12.4 Å². The van der Waals surface area contributed by atoms with Crippen molar-refractivity contribution in [2.45, 2.75) is 12.2 Å². The molecule has 5 heteroatoms. The van der Waals surface area contributed by atoms with E-state index in [9.17, 15) is 9.90 Å². The highest BCUT2D eigenvalue weighted by atomic mass is 35.5. The summed E-state index contributed by atoms with van der Waals surface area (Å²) in [6.07, 6.45) is -2.34. The van der Waals surface area contributed by atoms with Gasteiger partial charge in [-0.25, -0.2) is 0 Å². The zero-order chi connectivity index (χ0) is 11.4. The molecule has 0 saturated heterocycles. The molecular weight excluding hydrogens is 218 g/mol. The fraction of sp³-hybridized carbons (Fsp3) is 0.200. The number of hydrogen-bond donors (Lipinski definition) is 2. The quantitative estimate of drug-likeness (QED) is 0.596. The molecular formula is C10H8ClNO3. The smallest absolute Gasteiger partial charge is 0.170 e. The molecule has 0 bridgehead atoms. The molecule has 2 N–H and O–H groups in total. The third kappa shape index (κ3) is 2.77. The second-order valence-electron chi connectivity index (χ2n) is 2.95. The maximum atomic E-state index is 10.5. The molecule has 78 valence electrons. The number of nitriles is 1. The average Bonchev–Trinajstić information content (AvgIpc) is 2.26. The van der Waals surface area contributed by atoms with E-state index in [1.165, 1.54) is 24.3 Å². The molecule has 1 aromatic carbocycles. The number of benzene rings is 1. The van der Waals surface area contributed by atoms with Crippen LogP contribution in [0, 0.1) is 11.3 Å². The molecule has 4 nitrogen and oxygen atoms in total. The van der Waals surface area contributed by atoms with Gasteiger partial charge in [-0.3, -0.25) is 4.79 Å². The molecule has 0 amide bonds. The summed E-state index contributed by atoms with van der Waals surface area (Å²) in [6.45, 7) is 0. The molecule has 0 aliphatic heterocycles. The fourth-order valence-electron chi connectivity index (χ4n) is 1.13. The van der Waals surface area contributed by atoms with Crippen molar-refractivity contribution >= 4 is 17.9 Å². The summed E-state index contributed by atoms with van der Waals surface area (Å²) >= 11 is 5.69. The Bertz CT molecular complexity index is 414. The molecule has 0 aromatic heterocycles. The third-order valence-electron chi connectivity index (χ3n) is 1.85. The number of rotatable bonds is 3. The Hall–Kier alpha value is -1.41. The zero-order valence-electron chi connectivity index (χ0n) is 7.59. The molecule has 2 atom stereocenters. The van der Waals surface area contributed by atoms with E-state index in [2.05, 4.69) is 0 Å². The molecule has 2 unspecified atom stereocenters. The highest BCUT2D eigenvalue weighted by Gasteiger charge is 2.18. The van der Waals surface area contributed by atoms with Crippen molar-refractivity contribution in [2.75, 3.05) is 0 Å². The predicted octanol–water partition coefficient (Wildman–Crippen LogP) is 1.07. The monoisotopic (exact) mass is 225 g/mol. The van der Waals surface area contributed by atoms with Gasteiger partial charge in [-0.15, -0.1) is 0 Å². The molecule has 1 aromatic rings. The van der Waals surface area contributed by atoms with E-state index < -0.39 is 12.2 Å². The van der Waals surface area contributed by atoms with Crippen molar-refractivity contribution in [3.05, 3.63) is 34.3 Å². The Labute approximate surface area is 91.3 Å². The van der Waals surface area contributed by atoms with E-state index in [-0.39, 0.29) is 16.1 Å². The molecule has 0 saturated carbocycles. The molecule has 0 spiro atoms. The van der Waals surface area contributed by atoms with Gasteiger partial charge in [0.2, 0.25) is 0 Å². The van der Waals surface area contributed by atoms with Crippen LogP contribution in [0.4, 0.5) is 0 Å². The summed E-state index contributed by atoms with van der Waals surface area (Å²) in [5.74, 6) is 0. The SMILES string of the molecule is N#CC(O)C(O)c1cc(Cl)cc(C=O)c1. The summed E-state index contributed by atoms with van der Waals surface area (Å²) in [5.41, 5.74) is 0.514. The Morgan fingerprint density at radius 3 is 2.60 bits per heavy atom. The van der Waals surface area contributed by atoms with E-state index in [4.69, 9.17) is 22.0 Å². The van der Waals surface area contributed by atoms with Gasteiger partial charge in [-0.1, -0.05) is 11.6 Å². The van der Waals surface area contributed by atoms with Crippen LogP contribution in [0.2, 0.25) is 5.02 Å². The maximum Gasteiger partial charge on any atom is 0.170 e. The first-order valence-electron chi connectivity index (χ1n) is 4.10. The number of aliphatic hydroxyl groups is 2. The molecule has 0 fully saturated rings. The number of aldehydes is 1. The number of carbonyl (C=O) groups is 1. The van der Waals surface area contributed by atoms with Gasteiger partial charge in [0, 0.05) is 10.6 Å². The van der Waals surface area contributed by atoms with E-state index >= 15 is 0 Å². The van der Waals surface area contributed by atoms with Gasteiger partial charge in [0.05, 0.1) is 6.07 Å². The minimum atomic E-state index is -1.54. The van der Waals surface area contributed by atoms with Gasteiger partial charge < -0.3 is 10.2 Å². The highest BCUT2D eigenvalue weighted by Crippen LogP contribution is 2.22. The van der Waals surface area contributed by atoms with Crippen LogP contribution in [0.1, 0.15) is 22.0 Å². The zero-order valence-corrected chi connectivity index (χ0v) is 8.35. The topological polar surface area (TPSA) is 81.3 Å². The van der Waals surface area contributed by atoms with Gasteiger partial charge in [0.25, 0.3) is 0 Å². The minimum absolute atomic E-state index is 0.235. The summed E-state index contributed by atoms with van der Waals surface area (Å²) < 4.78 is 0. The van der Waals surface area contributed by atoms with Crippen LogP contribution >= 0.6 is 11.6 Å². The molecule has 0 aliphatic carbocycles. The van der Waals surface area contributed by atoms with Crippen LogP contribution in [0.3, 0.4) is 0 Å². The number of nitrogens with zero attached hydrogens (tertiary/aromatic N) is 1. The Kier molecular flexibility index (Phi) is 3.81. The third-order valence-corrected chi connectivity index (χ3v) is 2.07. The molecule has 0 radical (unpaired) electrons. The van der Waals surface area contributed by atoms with Crippen LogP contribution in [0.15, 0.2) is 18.2 Å². The van der Waals surface area contributed by atoms with Crippen LogP contribution < -0.4 is 0 Å². The molecule has 15 heavy (non-hydrogen) atoms. The Morgan fingerprint density at radius 2 is 2.07 bits per heavy atom. The molecule has 0 aliphatic rings. The van der Waals surface area contributed by atoms with E-state index in [1.54, 1.807) is 0 Å². The number of carbonyl (C=O) groups excluding carboxylic acids is 1. The second-order valence-corrected chi connectivity index (χ2v) is 3.39. The summed E-state index contributed by atoms with van der Waals surface area (Å²) in [7, 11) is 0. The molecule has 0 heterocycles. The largest absolute Gasteiger partial charge is 0.385 e. The van der Waals surface area contributed by atoms with Gasteiger partial charge >= 0.3 is 0 Å². The van der Waals surface area contributed by atoms with E-state index in [1.807, 2.05) is 0 Å². The first kappa shape index (κ1) is 11.7. The van der Waals surface area contributed by atoms with Crippen molar-refractivity contribution < 1.29 is 15.0 Å². The lowest BCUT2D eigenvalue weighted by atomic mass is 10.0. The van der Waals surface area contributed by atoms with Crippen LogP contribution in [-0.4, -0.2) is 22.6 Å². The van der Waals surface area contributed by atoms with Gasteiger partial charge in [-0.2, -0.15) is 5.26 Å². The molecule has 1 rings (SSSR count). The summed E-state index contributed by atoms with van der Waals surface area (Å²) in [6, 6.07) is 5.67. The van der Waals surface area contributed by atoms with E-state index in [0.29, 0.717) is 6.29 Å². The van der Waals surface area contributed by atoms with Crippen LogP contribution in [-0.2, 0) is 0 Å². The second kappa shape index (κ2) is 4.89. The van der Waals surface area contributed by atoms with Crippen molar-refractivity contribution in [1.82, 2.24) is 0 Å². The average molecular weight is 226 g/mol. The Balaban J connectivity index is 3.09.